The molecule has 1 fully saturated rings. The number of ether oxygens (including phenoxy) is 2. The standard InChI is InChI=1S/C18H24N4O6/c1-17(2,3)28-16(26)20-11-18(13(23)21-14(24)22-18)10-19-15(25)27-9-12-7-5-4-6-8-12/h4-8H,9-11H2,1-3H3,(H,19,25)(H,20,26)(H2,21,22,23,24). The Labute approximate surface area is 162 Å². The number of nitrogens with one attached hydrogen (secondary N) is 4. The van der Waals surface area contributed by atoms with Gasteiger partial charge in [0.15, 0.2) is 5.54 Å². The SMILES string of the molecule is CC(C)(C)OC(=O)NCC1(CNC(=O)OCc2ccccc2)NC(=O)NC1=O. The van der Waals surface area contributed by atoms with E-state index in [0.29, 0.717) is 0 Å². The van der Waals surface area contributed by atoms with Gasteiger partial charge in [-0.2, -0.15) is 0 Å². The third-order valence-electron chi connectivity index (χ3n) is 3.70. The lowest BCUT2D eigenvalue weighted by Gasteiger charge is -2.27. The molecule has 1 aromatic carbocycles. The summed E-state index contributed by atoms with van der Waals surface area (Å²) in [4.78, 5) is 47.6. The van der Waals surface area contributed by atoms with Gasteiger partial charge in [0.25, 0.3) is 5.91 Å². The lowest BCUT2D eigenvalue weighted by Crippen LogP contribution is -2.61. The van der Waals surface area contributed by atoms with Crippen molar-refractivity contribution >= 4 is 24.1 Å². The van der Waals surface area contributed by atoms with Crippen LogP contribution in [0.15, 0.2) is 30.3 Å². The summed E-state index contributed by atoms with van der Waals surface area (Å²) in [5.74, 6) is -0.683. The Morgan fingerprint density at radius 1 is 1.04 bits per heavy atom. The van der Waals surface area contributed by atoms with Gasteiger partial charge < -0.3 is 25.4 Å². The first kappa shape index (κ1) is 21.0. The highest BCUT2D eigenvalue weighted by Crippen LogP contribution is 2.11. The number of hydrogen-bond donors (Lipinski definition) is 4. The Morgan fingerprint density at radius 3 is 2.18 bits per heavy atom. The molecule has 1 unspecified atom stereocenters. The van der Waals surface area contributed by atoms with E-state index >= 15 is 0 Å². The van der Waals surface area contributed by atoms with Gasteiger partial charge in [-0.1, -0.05) is 30.3 Å². The quantitative estimate of drug-likeness (QED) is 0.534. The molecule has 10 heteroatoms. The molecule has 10 nitrogen and oxygen atoms in total. The molecule has 4 N–H and O–H groups in total. The zero-order chi connectivity index (χ0) is 20.8. The molecule has 28 heavy (non-hydrogen) atoms. The van der Waals surface area contributed by atoms with Crippen molar-refractivity contribution in [3.8, 4) is 0 Å². The summed E-state index contributed by atoms with van der Waals surface area (Å²) in [6.07, 6.45) is -1.53. The minimum absolute atomic E-state index is 0.0500. The van der Waals surface area contributed by atoms with E-state index in [-0.39, 0.29) is 19.7 Å². The number of amides is 5. The molecular formula is C18H24N4O6. The molecule has 1 saturated heterocycles. The van der Waals surface area contributed by atoms with Gasteiger partial charge in [0, 0.05) is 0 Å². The van der Waals surface area contributed by atoms with Gasteiger partial charge in [-0.15, -0.1) is 0 Å². The normalized spacial score (nSPS) is 18.7. The third-order valence-corrected chi connectivity index (χ3v) is 3.70. The minimum Gasteiger partial charge on any atom is -0.445 e. The largest absolute Gasteiger partial charge is 0.445 e. The van der Waals surface area contributed by atoms with Crippen molar-refractivity contribution in [1.29, 1.82) is 0 Å². The number of carbonyl (C=O) groups excluding carboxylic acids is 4. The Bertz CT molecular complexity index is 746. The minimum atomic E-state index is -1.56. The first-order valence-electron chi connectivity index (χ1n) is 8.65. The number of urea groups is 1. The van der Waals surface area contributed by atoms with Crippen LogP contribution >= 0.6 is 0 Å². The molecule has 0 saturated carbocycles. The van der Waals surface area contributed by atoms with E-state index < -0.39 is 35.3 Å². The molecule has 152 valence electrons. The van der Waals surface area contributed by atoms with Crippen LogP contribution in [0.25, 0.3) is 0 Å². The lowest BCUT2D eigenvalue weighted by molar-refractivity contribution is -0.123. The molecule has 1 atom stereocenters. The van der Waals surface area contributed by atoms with Crippen molar-refractivity contribution in [3.05, 3.63) is 35.9 Å². The van der Waals surface area contributed by atoms with Crippen LogP contribution in [0.1, 0.15) is 26.3 Å². The van der Waals surface area contributed by atoms with E-state index in [0.717, 1.165) is 5.56 Å². The van der Waals surface area contributed by atoms with Crippen LogP contribution in [0, 0.1) is 0 Å². The summed E-state index contributed by atoms with van der Waals surface area (Å²) >= 11 is 0. The van der Waals surface area contributed by atoms with Crippen molar-refractivity contribution < 1.29 is 28.7 Å². The first-order valence-corrected chi connectivity index (χ1v) is 8.65. The summed E-state index contributed by atoms with van der Waals surface area (Å²) in [5.41, 5.74) is -1.48. The summed E-state index contributed by atoms with van der Waals surface area (Å²) in [5, 5.41) is 9.37. The van der Waals surface area contributed by atoms with Crippen LogP contribution in [-0.2, 0) is 20.9 Å². The zero-order valence-corrected chi connectivity index (χ0v) is 16.0. The smallest absolute Gasteiger partial charge is 0.407 e. The van der Waals surface area contributed by atoms with Crippen LogP contribution in [0.3, 0.4) is 0 Å². The lowest BCUT2D eigenvalue weighted by atomic mass is 10.00. The van der Waals surface area contributed by atoms with Crippen molar-refractivity contribution in [2.75, 3.05) is 13.1 Å². The predicted molar refractivity (Wildman–Crippen MR) is 98.3 cm³/mol. The summed E-state index contributed by atoms with van der Waals surface area (Å²) in [6.45, 7) is 4.56. The molecule has 0 aromatic heterocycles. The Morgan fingerprint density at radius 2 is 1.64 bits per heavy atom. The number of benzene rings is 1. The monoisotopic (exact) mass is 392 g/mol. The Hall–Kier alpha value is -3.30. The van der Waals surface area contributed by atoms with Crippen LogP contribution in [0.2, 0.25) is 0 Å². The fourth-order valence-corrected chi connectivity index (χ4v) is 2.37. The number of rotatable bonds is 6. The predicted octanol–water partition coefficient (Wildman–Crippen LogP) is 1.02. The molecular weight excluding hydrogens is 368 g/mol. The van der Waals surface area contributed by atoms with Crippen LogP contribution < -0.4 is 21.3 Å². The maximum Gasteiger partial charge on any atom is 0.407 e. The van der Waals surface area contributed by atoms with Gasteiger partial charge in [0.1, 0.15) is 12.2 Å². The highest BCUT2D eigenvalue weighted by Gasteiger charge is 2.47. The highest BCUT2D eigenvalue weighted by atomic mass is 16.6. The van der Waals surface area contributed by atoms with Gasteiger partial charge in [-0.3, -0.25) is 10.1 Å². The van der Waals surface area contributed by atoms with E-state index in [1.165, 1.54) is 0 Å². The van der Waals surface area contributed by atoms with Crippen LogP contribution in [0.5, 0.6) is 0 Å². The van der Waals surface area contributed by atoms with Gasteiger partial charge in [0.2, 0.25) is 0 Å². The molecule has 1 aliphatic heterocycles. The molecule has 0 aliphatic carbocycles. The topological polar surface area (TPSA) is 135 Å². The van der Waals surface area contributed by atoms with E-state index in [2.05, 4.69) is 21.3 Å². The van der Waals surface area contributed by atoms with Gasteiger partial charge in [-0.05, 0) is 26.3 Å². The van der Waals surface area contributed by atoms with Gasteiger partial charge >= 0.3 is 18.2 Å². The Kier molecular flexibility index (Phi) is 6.45. The van der Waals surface area contributed by atoms with Crippen LogP contribution in [0.4, 0.5) is 14.4 Å². The highest BCUT2D eigenvalue weighted by molar-refractivity contribution is 6.07. The second kappa shape index (κ2) is 8.59. The molecule has 2 rings (SSSR count). The van der Waals surface area contributed by atoms with Crippen molar-refractivity contribution in [3.63, 3.8) is 0 Å². The maximum absolute atomic E-state index is 12.2. The first-order chi connectivity index (χ1) is 13.1. The second-order valence-corrected chi connectivity index (χ2v) is 7.26. The summed E-state index contributed by atoms with van der Waals surface area (Å²) in [6, 6.07) is 8.33. The molecule has 0 bridgehead atoms. The van der Waals surface area contributed by atoms with Gasteiger partial charge in [-0.25, -0.2) is 14.4 Å². The van der Waals surface area contributed by atoms with E-state index in [9.17, 15) is 19.2 Å². The summed E-state index contributed by atoms with van der Waals surface area (Å²) in [7, 11) is 0. The maximum atomic E-state index is 12.2. The number of alkyl carbamates (subject to hydrolysis) is 2. The van der Waals surface area contributed by atoms with Gasteiger partial charge in [0.05, 0.1) is 13.1 Å². The van der Waals surface area contributed by atoms with Crippen molar-refractivity contribution in [2.24, 2.45) is 0 Å². The average molecular weight is 392 g/mol. The average Bonchev–Trinajstić information content (AvgIpc) is 2.90. The fourth-order valence-electron chi connectivity index (χ4n) is 2.37. The second-order valence-electron chi connectivity index (χ2n) is 7.26. The number of carbonyl (C=O) groups is 4. The molecule has 0 radical (unpaired) electrons. The molecule has 0 spiro atoms. The number of hydrogen-bond acceptors (Lipinski definition) is 6. The molecule has 1 aliphatic rings. The number of imide groups is 1. The Balaban J connectivity index is 1.92. The van der Waals surface area contributed by atoms with E-state index in [4.69, 9.17) is 9.47 Å². The fraction of sp³-hybridized carbons (Fsp3) is 0.444. The molecule has 1 aromatic rings. The van der Waals surface area contributed by atoms with E-state index in [1.54, 1.807) is 32.9 Å². The van der Waals surface area contributed by atoms with E-state index in [1.807, 2.05) is 18.2 Å². The molecule has 1 heterocycles. The third kappa shape index (κ3) is 6.15. The van der Waals surface area contributed by atoms with Crippen molar-refractivity contribution in [1.82, 2.24) is 21.3 Å². The summed E-state index contributed by atoms with van der Waals surface area (Å²) < 4.78 is 10.2. The zero-order valence-electron chi connectivity index (χ0n) is 16.0. The molecule has 5 amide bonds. The van der Waals surface area contributed by atoms with Crippen molar-refractivity contribution in [2.45, 2.75) is 38.5 Å². The van der Waals surface area contributed by atoms with Crippen LogP contribution in [-0.4, -0.2) is 48.4 Å².